The molecule has 0 radical (unpaired) electrons. The standard InChI is InChI=1S/C18H20BrN3/c1-12-4-6-13(7-5-12)17-15(10-18(2,3)20)22-11-14(19)8-9-16(22)21-17/h4-9,11H,10,20H2,1-3H3. The zero-order valence-electron chi connectivity index (χ0n) is 13.1. The van der Waals surface area contributed by atoms with Crippen molar-refractivity contribution in [1.29, 1.82) is 0 Å². The number of aryl methyl sites for hydroxylation is 1. The number of imidazole rings is 1. The van der Waals surface area contributed by atoms with Crippen molar-refractivity contribution in [3.05, 3.63) is 58.3 Å². The van der Waals surface area contributed by atoms with Crippen LogP contribution >= 0.6 is 15.9 Å². The lowest BCUT2D eigenvalue weighted by Crippen LogP contribution is -2.35. The van der Waals surface area contributed by atoms with E-state index in [4.69, 9.17) is 10.7 Å². The van der Waals surface area contributed by atoms with Gasteiger partial charge in [0.1, 0.15) is 5.65 Å². The summed E-state index contributed by atoms with van der Waals surface area (Å²) < 4.78 is 3.16. The van der Waals surface area contributed by atoms with E-state index < -0.39 is 0 Å². The third kappa shape index (κ3) is 3.08. The van der Waals surface area contributed by atoms with Gasteiger partial charge in [-0.25, -0.2) is 4.98 Å². The smallest absolute Gasteiger partial charge is 0.137 e. The molecule has 0 saturated carbocycles. The Bertz CT molecular complexity index is 811. The second kappa shape index (κ2) is 5.52. The van der Waals surface area contributed by atoms with Crippen molar-refractivity contribution in [2.75, 3.05) is 0 Å². The van der Waals surface area contributed by atoms with Gasteiger partial charge in [-0.1, -0.05) is 29.8 Å². The van der Waals surface area contributed by atoms with E-state index in [-0.39, 0.29) is 5.54 Å². The summed E-state index contributed by atoms with van der Waals surface area (Å²) in [6.07, 6.45) is 2.81. The number of aromatic nitrogens is 2. The molecular formula is C18H20BrN3. The van der Waals surface area contributed by atoms with Gasteiger partial charge >= 0.3 is 0 Å². The fraction of sp³-hybridized carbons (Fsp3) is 0.278. The predicted molar refractivity (Wildman–Crippen MR) is 95.0 cm³/mol. The summed E-state index contributed by atoms with van der Waals surface area (Å²) in [5.41, 5.74) is 11.5. The molecule has 22 heavy (non-hydrogen) atoms. The second-order valence-electron chi connectivity index (χ2n) is 6.51. The van der Waals surface area contributed by atoms with Crippen LogP contribution in [0.1, 0.15) is 25.1 Å². The van der Waals surface area contributed by atoms with Crippen LogP contribution in [0.25, 0.3) is 16.9 Å². The Balaban J connectivity index is 2.23. The quantitative estimate of drug-likeness (QED) is 0.756. The molecule has 0 amide bonds. The van der Waals surface area contributed by atoms with Gasteiger partial charge in [0, 0.05) is 28.2 Å². The Hall–Kier alpha value is -1.65. The molecule has 3 nitrogen and oxygen atoms in total. The van der Waals surface area contributed by atoms with E-state index in [2.05, 4.69) is 57.7 Å². The molecule has 0 aliphatic heterocycles. The minimum Gasteiger partial charge on any atom is -0.325 e. The van der Waals surface area contributed by atoms with Crippen LogP contribution in [-0.2, 0) is 6.42 Å². The SMILES string of the molecule is Cc1ccc(-c2nc3ccc(Br)cn3c2CC(C)(C)N)cc1. The van der Waals surface area contributed by atoms with Gasteiger partial charge in [0.15, 0.2) is 0 Å². The zero-order chi connectivity index (χ0) is 15.9. The molecular weight excluding hydrogens is 338 g/mol. The van der Waals surface area contributed by atoms with Gasteiger partial charge in [-0.3, -0.25) is 0 Å². The van der Waals surface area contributed by atoms with Crippen LogP contribution < -0.4 is 5.73 Å². The first kappa shape index (κ1) is 15.3. The summed E-state index contributed by atoms with van der Waals surface area (Å²) in [4.78, 5) is 4.82. The topological polar surface area (TPSA) is 43.3 Å². The van der Waals surface area contributed by atoms with Crippen LogP contribution in [0.5, 0.6) is 0 Å². The summed E-state index contributed by atoms with van der Waals surface area (Å²) in [5, 5.41) is 0. The summed E-state index contributed by atoms with van der Waals surface area (Å²) in [6, 6.07) is 12.5. The highest BCUT2D eigenvalue weighted by molar-refractivity contribution is 9.10. The summed E-state index contributed by atoms with van der Waals surface area (Å²) in [7, 11) is 0. The minimum absolute atomic E-state index is 0.294. The van der Waals surface area contributed by atoms with Crippen LogP contribution in [0.4, 0.5) is 0 Å². The van der Waals surface area contributed by atoms with Gasteiger partial charge in [-0.2, -0.15) is 0 Å². The summed E-state index contributed by atoms with van der Waals surface area (Å²) in [5.74, 6) is 0. The van der Waals surface area contributed by atoms with E-state index in [1.807, 2.05) is 26.0 Å². The molecule has 0 aliphatic rings. The zero-order valence-corrected chi connectivity index (χ0v) is 14.7. The van der Waals surface area contributed by atoms with Crippen molar-refractivity contribution >= 4 is 21.6 Å². The maximum Gasteiger partial charge on any atom is 0.137 e. The number of nitrogens with two attached hydrogens (primary N) is 1. The molecule has 4 heteroatoms. The van der Waals surface area contributed by atoms with Gasteiger partial charge in [0.2, 0.25) is 0 Å². The average Bonchev–Trinajstić information content (AvgIpc) is 2.76. The molecule has 2 heterocycles. The van der Waals surface area contributed by atoms with Crippen molar-refractivity contribution in [2.45, 2.75) is 32.7 Å². The van der Waals surface area contributed by atoms with Crippen LogP contribution in [0.15, 0.2) is 47.1 Å². The van der Waals surface area contributed by atoms with Crippen LogP contribution in [-0.4, -0.2) is 14.9 Å². The Morgan fingerprint density at radius 3 is 2.45 bits per heavy atom. The monoisotopic (exact) mass is 357 g/mol. The highest BCUT2D eigenvalue weighted by Gasteiger charge is 2.20. The minimum atomic E-state index is -0.294. The van der Waals surface area contributed by atoms with Crippen molar-refractivity contribution in [2.24, 2.45) is 5.73 Å². The first-order valence-corrected chi connectivity index (χ1v) is 8.15. The van der Waals surface area contributed by atoms with Crippen molar-refractivity contribution in [1.82, 2.24) is 9.38 Å². The van der Waals surface area contributed by atoms with Crippen molar-refractivity contribution in [3.63, 3.8) is 0 Å². The molecule has 0 spiro atoms. The van der Waals surface area contributed by atoms with Crippen LogP contribution in [0, 0.1) is 6.92 Å². The molecule has 114 valence electrons. The Kier molecular flexibility index (Phi) is 3.83. The van der Waals surface area contributed by atoms with Gasteiger partial charge in [-0.05, 0) is 48.8 Å². The summed E-state index contributed by atoms with van der Waals surface area (Å²) >= 11 is 3.54. The van der Waals surface area contributed by atoms with Gasteiger partial charge in [0.05, 0.1) is 11.4 Å². The Morgan fingerprint density at radius 2 is 1.82 bits per heavy atom. The predicted octanol–water partition coefficient (Wildman–Crippen LogP) is 4.35. The normalized spacial score (nSPS) is 12.0. The van der Waals surface area contributed by atoms with Crippen molar-refractivity contribution in [3.8, 4) is 11.3 Å². The maximum atomic E-state index is 6.27. The van der Waals surface area contributed by atoms with Gasteiger partial charge in [-0.15, -0.1) is 0 Å². The van der Waals surface area contributed by atoms with E-state index in [1.165, 1.54) is 5.56 Å². The lowest BCUT2D eigenvalue weighted by molar-refractivity contribution is 0.509. The molecule has 3 aromatic rings. The number of hydrogen-bond donors (Lipinski definition) is 1. The lowest BCUT2D eigenvalue weighted by Gasteiger charge is -2.19. The third-order valence-corrected chi connectivity index (χ3v) is 4.10. The maximum absolute atomic E-state index is 6.27. The highest BCUT2D eigenvalue weighted by Crippen LogP contribution is 2.28. The largest absolute Gasteiger partial charge is 0.325 e. The van der Waals surface area contributed by atoms with Crippen LogP contribution in [0.2, 0.25) is 0 Å². The number of nitrogens with zero attached hydrogens (tertiary/aromatic N) is 2. The average molecular weight is 358 g/mol. The molecule has 1 aromatic carbocycles. The lowest BCUT2D eigenvalue weighted by atomic mass is 9.97. The number of benzene rings is 1. The highest BCUT2D eigenvalue weighted by atomic mass is 79.9. The van der Waals surface area contributed by atoms with Gasteiger partial charge in [0.25, 0.3) is 0 Å². The Morgan fingerprint density at radius 1 is 1.14 bits per heavy atom. The molecule has 2 N–H and O–H groups in total. The number of halogens is 1. The third-order valence-electron chi connectivity index (χ3n) is 3.63. The molecule has 0 fully saturated rings. The number of hydrogen-bond acceptors (Lipinski definition) is 2. The first-order valence-electron chi connectivity index (χ1n) is 7.36. The van der Waals surface area contributed by atoms with E-state index in [9.17, 15) is 0 Å². The second-order valence-corrected chi connectivity index (χ2v) is 7.43. The van der Waals surface area contributed by atoms with Gasteiger partial charge < -0.3 is 10.1 Å². The molecule has 0 saturated heterocycles. The molecule has 2 aromatic heterocycles. The number of fused-ring (bicyclic) bond motifs is 1. The molecule has 3 rings (SSSR count). The van der Waals surface area contributed by atoms with E-state index in [0.717, 1.165) is 33.5 Å². The number of pyridine rings is 1. The van der Waals surface area contributed by atoms with Crippen molar-refractivity contribution < 1.29 is 0 Å². The summed E-state index contributed by atoms with van der Waals surface area (Å²) in [6.45, 7) is 6.18. The first-order chi connectivity index (χ1) is 10.3. The van der Waals surface area contributed by atoms with E-state index in [1.54, 1.807) is 0 Å². The number of rotatable bonds is 3. The van der Waals surface area contributed by atoms with E-state index in [0.29, 0.717) is 0 Å². The van der Waals surface area contributed by atoms with E-state index >= 15 is 0 Å². The van der Waals surface area contributed by atoms with Crippen LogP contribution in [0.3, 0.4) is 0 Å². The molecule has 0 bridgehead atoms. The molecule has 0 atom stereocenters. The molecule has 0 unspecified atom stereocenters. The fourth-order valence-corrected chi connectivity index (χ4v) is 2.95. The Labute approximate surface area is 139 Å². The fourth-order valence-electron chi connectivity index (χ4n) is 2.61. The molecule has 0 aliphatic carbocycles.